The summed E-state index contributed by atoms with van der Waals surface area (Å²) in [6.07, 6.45) is 65.6. The van der Waals surface area contributed by atoms with Crippen LogP contribution >= 0.6 is 0 Å². The molecule has 0 spiro atoms. The van der Waals surface area contributed by atoms with Gasteiger partial charge < -0.3 is 45.1 Å². The summed E-state index contributed by atoms with van der Waals surface area (Å²) in [6, 6.07) is -1.05. The van der Waals surface area contributed by atoms with Gasteiger partial charge >= 0.3 is 5.97 Å². The third-order valence-corrected chi connectivity index (χ3v) is 14.5. The first kappa shape index (κ1) is 74.3. The minimum Gasteiger partial charge on any atom is -0.454 e. The molecule has 0 radical (unpaired) electrons. The Morgan fingerprint density at radius 2 is 0.950 bits per heavy atom. The van der Waals surface area contributed by atoms with Crippen molar-refractivity contribution < 1.29 is 49.3 Å². The number of ether oxygens (including phenoxy) is 3. The molecule has 0 bridgehead atoms. The number of esters is 1. The van der Waals surface area contributed by atoms with E-state index in [9.17, 15) is 35.1 Å². The number of rotatable bonds is 53. The number of allylic oxidation sites excluding steroid dienone is 17. The van der Waals surface area contributed by atoms with Crippen LogP contribution in [0.4, 0.5) is 0 Å². The van der Waals surface area contributed by atoms with Crippen LogP contribution in [0.15, 0.2) is 109 Å². The lowest BCUT2D eigenvalue weighted by atomic mass is 9.99. The maximum atomic E-state index is 13.4. The second-order valence-corrected chi connectivity index (χ2v) is 21.9. The molecule has 11 heteroatoms. The van der Waals surface area contributed by atoms with Gasteiger partial charge in [-0.05, 0) is 83.5 Å². The van der Waals surface area contributed by atoms with Gasteiger partial charge in [0.1, 0.15) is 24.4 Å². The normalized spacial score (nSPS) is 19.5. The Balaban J connectivity index is 2.62. The fourth-order valence-electron chi connectivity index (χ4n) is 9.44. The largest absolute Gasteiger partial charge is 0.454 e. The monoisotopic (exact) mass is 1120 g/mol. The molecule has 0 aromatic rings. The van der Waals surface area contributed by atoms with Gasteiger partial charge in [-0.2, -0.15) is 0 Å². The summed E-state index contributed by atoms with van der Waals surface area (Å²) in [4.78, 5) is 26.6. The average Bonchev–Trinajstić information content (AvgIpc) is 3.46. The molecule has 0 saturated carbocycles. The summed E-state index contributed by atoms with van der Waals surface area (Å²) < 4.78 is 17.6. The molecule has 1 aliphatic rings. The summed E-state index contributed by atoms with van der Waals surface area (Å²) >= 11 is 0. The topological polar surface area (TPSA) is 175 Å². The van der Waals surface area contributed by atoms with Gasteiger partial charge in [-0.25, -0.2) is 0 Å². The summed E-state index contributed by atoms with van der Waals surface area (Å²) in [6.45, 7) is 5.58. The molecule has 8 unspecified atom stereocenters. The minimum atomic E-state index is -1.63. The van der Waals surface area contributed by atoms with E-state index in [1.807, 2.05) is 60.8 Å². The molecule has 1 saturated heterocycles. The molecule has 1 amide bonds. The van der Waals surface area contributed by atoms with Crippen molar-refractivity contribution in [3.8, 4) is 0 Å². The molecule has 1 rings (SSSR count). The maximum absolute atomic E-state index is 13.4. The van der Waals surface area contributed by atoms with Crippen LogP contribution < -0.4 is 5.32 Å². The van der Waals surface area contributed by atoms with E-state index >= 15 is 0 Å². The molecule has 80 heavy (non-hydrogen) atoms. The summed E-state index contributed by atoms with van der Waals surface area (Å²) in [5.41, 5.74) is 0. The molecule has 1 heterocycles. The molecule has 6 N–H and O–H groups in total. The number of hydrogen-bond donors (Lipinski definition) is 6. The van der Waals surface area contributed by atoms with E-state index in [0.29, 0.717) is 12.8 Å². The third kappa shape index (κ3) is 43.1. The quantitative estimate of drug-likeness (QED) is 0.0149. The lowest BCUT2D eigenvalue weighted by Crippen LogP contribution is -2.61. The zero-order valence-corrected chi connectivity index (χ0v) is 50.7. The Labute approximate surface area is 488 Å². The van der Waals surface area contributed by atoms with Crippen molar-refractivity contribution in [1.82, 2.24) is 5.32 Å². The van der Waals surface area contributed by atoms with E-state index < -0.39 is 67.4 Å². The van der Waals surface area contributed by atoms with E-state index in [1.165, 1.54) is 122 Å². The third-order valence-electron chi connectivity index (χ3n) is 14.5. The van der Waals surface area contributed by atoms with Crippen molar-refractivity contribution in [3.05, 3.63) is 109 Å². The van der Waals surface area contributed by atoms with Crippen LogP contribution in [0.2, 0.25) is 0 Å². The van der Waals surface area contributed by atoms with Crippen LogP contribution in [0.1, 0.15) is 252 Å². The first-order valence-electron chi connectivity index (χ1n) is 32.2. The van der Waals surface area contributed by atoms with Crippen molar-refractivity contribution in [2.75, 3.05) is 13.2 Å². The van der Waals surface area contributed by atoms with Gasteiger partial charge in [0, 0.05) is 6.42 Å². The first-order chi connectivity index (χ1) is 39.2. The lowest BCUT2D eigenvalue weighted by Gasteiger charge is -2.41. The van der Waals surface area contributed by atoms with Crippen LogP contribution in [0.5, 0.6) is 0 Å². The highest BCUT2D eigenvalue weighted by Crippen LogP contribution is 2.26. The number of carbonyl (C=O) groups is 2. The fraction of sp³-hybridized carbons (Fsp3) is 0.710. The van der Waals surface area contributed by atoms with E-state index in [4.69, 9.17) is 14.2 Å². The Kier molecular flexibility index (Phi) is 51.9. The van der Waals surface area contributed by atoms with Crippen molar-refractivity contribution >= 4 is 11.9 Å². The minimum absolute atomic E-state index is 0.110. The predicted molar refractivity (Wildman–Crippen MR) is 333 cm³/mol. The summed E-state index contributed by atoms with van der Waals surface area (Å²) in [7, 11) is 0. The molecule has 1 aliphatic heterocycles. The van der Waals surface area contributed by atoms with Gasteiger partial charge in [0.05, 0.1) is 25.4 Å². The smallest absolute Gasteiger partial charge is 0.306 e. The molecular formula is C69H117NO10. The second-order valence-electron chi connectivity index (χ2n) is 21.9. The van der Waals surface area contributed by atoms with Gasteiger partial charge in [0.25, 0.3) is 0 Å². The first-order valence-corrected chi connectivity index (χ1v) is 32.2. The Morgan fingerprint density at radius 1 is 0.512 bits per heavy atom. The van der Waals surface area contributed by atoms with Crippen molar-refractivity contribution in [2.24, 2.45) is 0 Å². The maximum Gasteiger partial charge on any atom is 0.306 e. The highest BCUT2D eigenvalue weighted by molar-refractivity contribution is 5.80. The molecule has 1 fully saturated rings. The lowest BCUT2D eigenvalue weighted by molar-refractivity contribution is -0.305. The van der Waals surface area contributed by atoms with Crippen LogP contribution in [0.25, 0.3) is 0 Å². The Bertz CT molecular complexity index is 1710. The summed E-state index contributed by atoms with van der Waals surface area (Å²) in [5, 5.41) is 56.9. The number of aliphatic hydroxyl groups excluding tert-OH is 5. The SMILES string of the molecule is CC/C=C/C=C/C=C\C=C/C=C/CCCCC(O)C(=O)NC(COC1OC(CO)C(O)C(O)C1OC(=O)CCCCCCCCCCCCCC/C=C\C/C=C\C/C=C\CCCCC)C(O)/C=C/CCCCCCCCCCCC. The number of unbranched alkanes of at least 4 members (excludes halogenated alkanes) is 27. The highest BCUT2D eigenvalue weighted by atomic mass is 16.7. The number of aliphatic hydroxyl groups is 5. The highest BCUT2D eigenvalue weighted by Gasteiger charge is 2.47. The predicted octanol–water partition coefficient (Wildman–Crippen LogP) is 15.7. The van der Waals surface area contributed by atoms with E-state index in [-0.39, 0.29) is 19.4 Å². The molecular weight excluding hydrogens is 1000 g/mol. The number of nitrogens with one attached hydrogen (secondary N) is 1. The van der Waals surface area contributed by atoms with Gasteiger partial charge in [-0.3, -0.25) is 9.59 Å². The Hall–Kier alpha value is -3.68. The standard InChI is InChI=1S/C69H117NO10/c1-4-7-10-13-16-19-22-25-27-28-29-30-31-32-33-34-35-36-37-39-42-45-48-51-54-57-64(74)80-67-66(76)65(75)63(58-71)79-69(67)78-59-60(61(72)55-52-49-46-43-40-24-21-18-15-12-9-6-3)70-68(77)62(73)56-53-50-47-44-41-38-26-23-20-17-14-11-8-5-2/h8,11,14,16-17,19-20,23,25-27,29-30,38,41,44,52,55,60-63,65-67,69,71-73,75-76H,4-7,9-10,12-13,15,18,21-22,24,28,31-37,39-40,42-43,45-51,53-54,56-59H2,1-3H3,(H,70,77)/b11-8+,17-14+,19-16-,23-20-,27-25-,30-29-,38-26-,44-41+,55-52+. The molecule has 0 aromatic carbocycles. The van der Waals surface area contributed by atoms with Crippen molar-refractivity contribution in [2.45, 2.75) is 301 Å². The van der Waals surface area contributed by atoms with E-state index in [2.05, 4.69) is 68.6 Å². The van der Waals surface area contributed by atoms with Gasteiger partial charge in [0.15, 0.2) is 12.4 Å². The van der Waals surface area contributed by atoms with Crippen molar-refractivity contribution in [3.63, 3.8) is 0 Å². The number of amides is 1. The molecule has 0 aliphatic carbocycles. The van der Waals surface area contributed by atoms with Gasteiger partial charge in [-0.15, -0.1) is 0 Å². The zero-order valence-electron chi connectivity index (χ0n) is 50.7. The van der Waals surface area contributed by atoms with Crippen LogP contribution in [0, 0.1) is 0 Å². The molecule has 8 atom stereocenters. The Morgan fingerprint density at radius 3 is 1.49 bits per heavy atom. The zero-order chi connectivity index (χ0) is 58.2. The van der Waals surface area contributed by atoms with Crippen LogP contribution in [-0.2, 0) is 23.8 Å². The summed E-state index contributed by atoms with van der Waals surface area (Å²) in [5.74, 6) is -1.25. The van der Waals surface area contributed by atoms with Crippen LogP contribution in [0.3, 0.4) is 0 Å². The van der Waals surface area contributed by atoms with Crippen molar-refractivity contribution in [1.29, 1.82) is 0 Å². The average molecular weight is 1120 g/mol. The van der Waals surface area contributed by atoms with E-state index in [0.717, 1.165) is 83.5 Å². The second kappa shape index (κ2) is 55.8. The number of carbonyl (C=O) groups excluding carboxylic acids is 2. The van der Waals surface area contributed by atoms with Gasteiger partial charge in [0.2, 0.25) is 5.91 Å². The van der Waals surface area contributed by atoms with Crippen LogP contribution in [-0.4, -0.2) is 99.6 Å². The molecule has 11 nitrogen and oxygen atoms in total. The molecule has 458 valence electrons. The van der Waals surface area contributed by atoms with Gasteiger partial charge in [-0.1, -0.05) is 271 Å². The molecule has 0 aromatic heterocycles. The number of hydrogen-bond acceptors (Lipinski definition) is 10. The fourth-order valence-corrected chi connectivity index (χ4v) is 9.44. The van der Waals surface area contributed by atoms with E-state index in [1.54, 1.807) is 6.08 Å².